The van der Waals surface area contributed by atoms with Gasteiger partial charge in [0, 0.05) is 24.1 Å². The number of benzene rings is 2. The van der Waals surface area contributed by atoms with Crippen molar-refractivity contribution in [2.45, 2.75) is 87.9 Å². The van der Waals surface area contributed by atoms with Crippen LogP contribution in [0.25, 0.3) is 0 Å². The van der Waals surface area contributed by atoms with Crippen molar-refractivity contribution in [2.24, 2.45) is 5.73 Å². The Hall–Kier alpha value is -2.83. The summed E-state index contributed by atoms with van der Waals surface area (Å²) in [6.45, 7) is 1.13. The van der Waals surface area contributed by atoms with Crippen LogP contribution in [0.3, 0.4) is 0 Å². The number of amides is 2. The van der Waals surface area contributed by atoms with E-state index in [2.05, 4.69) is 12.1 Å². The van der Waals surface area contributed by atoms with Gasteiger partial charge in [-0.05, 0) is 80.5 Å². The van der Waals surface area contributed by atoms with Crippen LogP contribution in [-0.2, 0) is 10.2 Å². The summed E-state index contributed by atoms with van der Waals surface area (Å²) in [6.07, 6.45) is 1.96. The minimum atomic E-state index is -4.31. The van der Waals surface area contributed by atoms with Crippen molar-refractivity contribution in [3.63, 3.8) is 0 Å². The summed E-state index contributed by atoms with van der Waals surface area (Å²) in [5.74, 6) is -1.98. The van der Waals surface area contributed by atoms with Crippen molar-refractivity contribution in [1.82, 2.24) is 4.90 Å². The van der Waals surface area contributed by atoms with Crippen molar-refractivity contribution in [3.8, 4) is 0 Å². The number of alkyl halides is 3. The molecule has 0 unspecified atom stereocenters. The molecule has 2 aliphatic rings. The van der Waals surface area contributed by atoms with E-state index in [9.17, 15) is 22.8 Å². The molecule has 1 atom stereocenters. The van der Waals surface area contributed by atoms with E-state index in [1.165, 1.54) is 29.8 Å². The first-order valence-corrected chi connectivity index (χ1v) is 12.4. The van der Waals surface area contributed by atoms with Crippen LogP contribution in [0.5, 0.6) is 0 Å². The maximum absolute atomic E-state index is 13.5. The highest BCUT2D eigenvalue weighted by Gasteiger charge is 2.43. The Balaban J connectivity index is 1.50. The molecule has 0 bridgehead atoms. The standard InChI is InChI=1S/C28H33F3N2O2/c1-19(28(29,30)31)20-7-9-21(10-8-20)26(35)33(23-11-12-23)24-13-16-27(17-14-24,18-15-25(32)34)22-5-3-2-4-6-22/h2-10,19,23-24H,11-18H2,1H3,(H2,32,34)/t19-,24?,27?/m1/s1. The molecule has 0 spiro atoms. The zero-order valence-electron chi connectivity index (χ0n) is 20.1. The van der Waals surface area contributed by atoms with Crippen LogP contribution < -0.4 is 5.73 Å². The van der Waals surface area contributed by atoms with E-state index in [0.29, 0.717) is 18.4 Å². The van der Waals surface area contributed by atoms with Gasteiger partial charge in [0.15, 0.2) is 0 Å². The average Bonchev–Trinajstić information content (AvgIpc) is 3.68. The van der Waals surface area contributed by atoms with Gasteiger partial charge in [0.2, 0.25) is 5.91 Å². The minimum Gasteiger partial charge on any atom is -0.370 e. The number of halogens is 3. The zero-order chi connectivity index (χ0) is 25.2. The molecular formula is C28H33F3N2O2. The van der Waals surface area contributed by atoms with Gasteiger partial charge >= 0.3 is 6.18 Å². The van der Waals surface area contributed by atoms with E-state index in [0.717, 1.165) is 45.4 Å². The smallest absolute Gasteiger partial charge is 0.370 e. The molecule has 0 aliphatic heterocycles. The molecule has 4 rings (SSSR count). The molecule has 2 aromatic carbocycles. The van der Waals surface area contributed by atoms with Crippen molar-refractivity contribution < 1.29 is 22.8 Å². The van der Waals surface area contributed by atoms with Gasteiger partial charge in [-0.3, -0.25) is 9.59 Å². The Morgan fingerprint density at radius 3 is 2.06 bits per heavy atom. The number of primary amides is 1. The zero-order valence-corrected chi connectivity index (χ0v) is 20.1. The fourth-order valence-electron chi connectivity index (χ4n) is 5.51. The highest BCUT2D eigenvalue weighted by atomic mass is 19.4. The molecule has 35 heavy (non-hydrogen) atoms. The lowest BCUT2D eigenvalue weighted by molar-refractivity contribution is -0.146. The number of carbonyl (C=O) groups is 2. The van der Waals surface area contributed by atoms with E-state index in [-0.39, 0.29) is 34.9 Å². The van der Waals surface area contributed by atoms with Gasteiger partial charge in [0.25, 0.3) is 5.91 Å². The Labute approximate surface area is 204 Å². The van der Waals surface area contributed by atoms with Gasteiger partial charge in [-0.2, -0.15) is 13.2 Å². The predicted molar refractivity (Wildman–Crippen MR) is 129 cm³/mol. The van der Waals surface area contributed by atoms with Crippen LogP contribution in [0, 0.1) is 0 Å². The molecule has 7 heteroatoms. The second-order valence-electron chi connectivity index (χ2n) is 10.2. The first-order chi connectivity index (χ1) is 16.6. The summed E-state index contributed by atoms with van der Waals surface area (Å²) >= 11 is 0. The Morgan fingerprint density at radius 2 is 1.54 bits per heavy atom. The molecule has 2 fully saturated rings. The highest BCUT2D eigenvalue weighted by molar-refractivity contribution is 5.95. The second kappa shape index (κ2) is 10.0. The minimum absolute atomic E-state index is 0.0780. The molecule has 188 valence electrons. The molecule has 2 saturated carbocycles. The molecule has 2 aromatic rings. The largest absolute Gasteiger partial charge is 0.395 e. The highest BCUT2D eigenvalue weighted by Crippen LogP contribution is 2.46. The molecule has 4 nitrogen and oxygen atoms in total. The molecule has 0 saturated heterocycles. The summed E-state index contributed by atoms with van der Waals surface area (Å²) < 4.78 is 39.2. The monoisotopic (exact) mass is 486 g/mol. The second-order valence-corrected chi connectivity index (χ2v) is 10.2. The molecular weight excluding hydrogens is 453 g/mol. The van der Waals surface area contributed by atoms with Crippen LogP contribution >= 0.6 is 0 Å². The van der Waals surface area contributed by atoms with Gasteiger partial charge in [-0.15, -0.1) is 0 Å². The lowest BCUT2D eigenvalue weighted by atomic mass is 9.65. The quantitative estimate of drug-likeness (QED) is 0.490. The van der Waals surface area contributed by atoms with Crippen molar-refractivity contribution in [3.05, 3.63) is 71.3 Å². The number of carbonyl (C=O) groups excluding carboxylic acids is 2. The lowest BCUT2D eigenvalue weighted by Gasteiger charge is -2.44. The molecule has 0 aromatic heterocycles. The summed E-state index contributed by atoms with van der Waals surface area (Å²) in [4.78, 5) is 27.0. The van der Waals surface area contributed by atoms with Crippen LogP contribution in [-0.4, -0.2) is 35.0 Å². The van der Waals surface area contributed by atoms with Gasteiger partial charge in [-0.25, -0.2) is 0 Å². The third kappa shape index (κ3) is 5.71. The molecule has 2 N–H and O–H groups in total. The third-order valence-electron chi connectivity index (χ3n) is 7.87. The third-order valence-corrected chi connectivity index (χ3v) is 7.87. The maximum Gasteiger partial charge on any atom is 0.395 e. The van der Waals surface area contributed by atoms with Gasteiger partial charge in [0.05, 0.1) is 5.92 Å². The number of hydrogen-bond acceptors (Lipinski definition) is 2. The summed E-state index contributed by atoms with van der Waals surface area (Å²) in [5, 5.41) is 0. The number of nitrogens with zero attached hydrogens (tertiary/aromatic N) is 1. The Kier molecular flexibility index (Phi) is 7.25. The van der Waals surface area contributed by atoms with E-state index in [1.807, 2.05) is 23.1 Å². The van der Waals surface area contributed by atoms with Gasteiger partial charge in [0.1, 0.15) is 0 Å². The molecule has 0 heterocycles. The van der Waals surface area contributed by atoms with Crippen molar-refractivity contribution >= 4 is 11.8 Å². The number of nitrogens with two attached hydrogens (primary N) is 1. The SMILES string of the molecule is C[C@H](c1ccc(C(=O)N(C2CC2)C2CCC(CCC(N)=O)(c3ccccc3)CC2)cc1)C(F)(F)F. The van der Waals surface area contributed by atoms with Crippen molar-refractivity contribution in [2.75, 3.05) is 0 Å². The van der Waals surface area contributed by atoms with Crippen LogP contribution in [0.4, 0.5) is 13.2 Å². The van der Waals surface area contributed by atoms with Crippen LogP contribution in [0.15, 0.2) is 54.6 Å². The maximum atomic E-state index is 13.5. The average molecular weight is 487 g/mol. The van der Waals surface area contributed by atoms with Gasteiger partial charge < -0.3 is 10.6 Å². The summed E-state index contributed by atoms with van der Waals surface area (Å²) in [7, 11) is 0. The topological polar surface area (TPSA) is 63.4 Å². The summed E-state index contributed by atoms with van der Waals surface area (Å²) in [6, 6.07) is 16.4. The first kappa shape index (κ1) is 25.3. The molecule has 0 radical (unpaired) electrons. The van der Waals surface area contributed by atoms with Crippen LogP contribution in [0.2, 0.25) is 0 Å². The van der Waals surface area contributed by atoms with E-state index >= 15 is 0 Å². The van der Waals surface area contributed by atoms with Crippen molar-refractivity contribution in [1.29, 1.82) is 0 Å². The fourth-order valence-corrected chi connectivity index (χ4v) is 5.51. The molecule has 2 aliphatic carbocycles. The lowest BCUT2D eigenvalue weighted by Crippen LogP contribution is -2.46. The van der Waals surface area contributed by atoms with Gasteiger partial charge in [-0.1, -0.05) is 42.5 Å². The van der Waals surface area contributed by atoms with E-state index in [1.54, 1.807) is 0 Å². The van der Waals surface area contributed by atoms with Crippen LogP contribution in [0.1, 0.15) is 85.7 Å². The van der Waals surface area contributed by atoms with E-state index < -0.39 is 12.1 Å². The normalized spacial score (nSPS) is 23.5. The predicted octanol–water partition coefficient (Wildman–Crippen LogP) is 6.10. The Bertz CT molecular complexity index is 1020. The molecule has 2 amide bonds. The summed E-state index contributed by atoms with van der Waals surface area (Å²) in [5.41, 5.74) is 7.13. The van der Waals surface area contributed by atoms with E-state index in [4.69, 9.17) is 5.73 Å². The fraction of sp³-hybridized carbons (Fsp3) is 0.500. The first-order valence-electron chi connectivity index (χ1n) is 12.4. The Morgan fingerprint density at radius 1 is 0.971 bits per heavy atom. The number of rotatable bonds is 8. The number of hydrogen-bond donors (Lipinski definition) is 1.